The number of quaternary nitrogens is 1. The molecule has 4 rings (SSSR count). The Morgan fingerprint density at radius 1 is 1.17 bits per heavy atom. The summed E-state index contributed by atoms with van der Waals surface area (Å²) in [4.78, 5) is 6.20. The van der Waals surface area contributed by atoms with Crippen LogP contribution in [0.4, 0.5) is 5.00 Å². The number of hydrogen-bond acceptors (Lipinski definition) is 3. The largest absolute Gasteiger partial charge is 0.375 e. The summed E-state index contributed by atoms with van der Waals surface area (Å²) in [6, 6.07) is 1.37. The van der Waals surface area contributed by atoms with Crippen LogP contribution in [0, 0.1) is 0 Å². The lowest BCUT2D eigenvalue weighted by atomic mass is 9.89. The van der Waals surface area contributed by atoms with Crippen LogP contribution in [0.3, 0.4) is 0 Å². The first-order valence-electron chi connectivity index (χ1n) is 9.24. The Balaban J connectivity index is 1.52. The van der Waals surface area contributed by atoms with E-state index in [0.29, 0.717) is 6.04 Å². The second-order valence-electron chi connectivity index (χ2n) is 8.27. The maximum Gasteiger partial charge on any atom is 0.126 e. The Morgan fingerprint density at radius 2 is 1.96 bits per heavy atom. The fourth-order valence-corrected chi connectivity index (χ4v) is 5.60. The first-order valence-corrected chi connectivity index (χ1v) is 10.1. The molecule has 3 aliphatic rings. The van der Waals surface area contributed by atoms with Gasteiger partial charge in [-0.15, -0.1) is 11.3 Å². The summed E-state index contributed by atoms with van der Waals surface area (Å²) < 4.78 is 1.09. The lowest BCUT2D eigenvalue weighted by molar-refractivity contribution is -0.897. The maximum atomic E-state index is 4.65. The fraction of sp³-hybridized carbons (Fsp3) is 0.600. The van der Waals surface area contributed by atoms with Crippen molar-refractivity contribution in [2.45, 2.75) is 57.0 Å². The molecule has 0 saturated heterocycles. The van der Waals surface area contributed by atoms with E-state index < -0.39 is 0 Å². The Bertz CT molecular complexity index is 721. The van der Waals surface area contributed by atoms with E-state index in [1.54, 1.807) is 4.88 Å². The topological polar surface area (TPSA) is 24.4 Å². The number of nitrogens with zero attached hydrogens (tertiary/aromatic N) is 2. The molecule has 0 radical (unpaired) electrons. The summed E-state index contributed by atoms with van der Waals surface area (Å²) in [7, 11) is 6.98. The van der Waals surface area contributed by atoms with Crippen LogP contribution in [0.5, 0.6) is 0 Å². The molecule has 0 aromatic carbocycles. The molecule has 2 aliphatic carbocycles. The molecule has 1 aliphatic heterocycles. The van der Waals surface area contributed by atoms with Crippen LogP contribution in [-0.4, -0.2) is 43.9 Å². The van der Waals surface area contributed by atoms with E-state index in [0.717, 1.165) is 10.5 Å². The minimum atomic E-state index is 0.576. The van der Waals surface area contributed by atoms with Gasteiger partial charge >= 0.3 is 0 Å². The predicted octanol–water partition coefficient (Wildman–Crippen LogP) is 4.06. The number of hydrogen-bond donors (Lipinski definition) is 1. The third kappa shape index (κ3) is 2.99. The third-order valence-corrected chi connectivity index (χ3v) is 6.99. The minimum absolute atomic E-state index is 0.576. The zero-order chi connectivity index (χ0) is 16.7. The van der Waals surface area contributed by atoms with Crippen LogP contribution >= 0.6 is 11.3 Å². The van der Waals surface area contributed by atoms with E-state index in [-0.39, 0.29) is 0 Å². The van der Waals surface area contributed by atoms with Crippen molar-refractivity contribution < 1.29 is 4.48 Å². The zero-order valence-electron chi connectivity index (χ0n) is 15.1. The molecule has 1 saturated carbocycles. The number of nitrogens with one attached hydrogen (secondary N) is 1. The van der Waals surface area contributed by atoms with Crippen LogP contribution in [0.2, 0.25) is 0 Å². The molecular formula is C20H28N3S+. The van der Waals surface area contributed by atoms with Gasteiger partial charge in [0.05, 0.1) is 32.9 Å². The highest BCUT2D eigenvalue weighted by atomic mass is 32.1. The Hall–Kier alpha value is -1.35. The monoisotopic (exact) mass is 342 g/mol. The van der Waals surface area contributed by atoms with Crippen LogP contribution < -0.4 is 5.32 Å². The summed E-state index contributed by atoms with van der Waals surface area (Å²) >= 11 is 1.89. The molecule has 1 N–H and O–H groups in total. The predicted molar refractivity (Wildman–Crippen MR) is 103 cm³/mol. The van der Waals surface area contributed by atoms with E-state index in [4.69, 9.17) is 0 Å². The van der Waals surface area contributed by atoms with Crippen molar-refractivity contribution in [3.05, 3.63) is 27.8 Å². The normalized spacial score (nSPS) is 25.9. The molecule has 0 bridgehead atoms. The average molecular weight is 343 g/mol. The molecule has 0 atom stereocenters. The van der Waals surface area contributed by atoms with E-state index in [9.17, 15) is 0 Å². The van der Waals surface area contributed by atoms with Gasteiger partial charge in [0.15, 0.2) is 0 Å². The number of fused-ring (bicyclic) bond motifs is 3. The van der Waals surface area contributed by atoms with Crippen molar-refractivity contribution in [2.24, 2.45) is 4.99 Å². The zero-order valence-corrected chi connectivity index (χ0v) is 15.9. The Morgan fingerprint density at radius 3 is 2.71 bits per heavy atom. The van der Waals surface area contributed by atoms with Crippen LogP contribution in [0.25, 0.3) is 5.70 Å². The molecule has 1 aromatic rings. The maximum absolute atomic E-state index is 4.65. The molecular weight excluding hydrogens is 314 g/mol. The number of rotatable bonds is 3. The first-order chi connectivity index (χ1) is 11.5. The molecule has 24 heavy (non-hydrogen) atoms. The van der Waals surface area contributed by atoms with Gasteiger partial charge in [-0.2, -0.15) is 0 Å². The van der Waals surface area contributed by atoms with Crippen LogP contribution in [-0.2, 0) is 12.8 Å². The molecule has 0 unspecified atom stereocenters. The van der Waals surface area contributed by atoms with Gasteiger partial charge in [0, 0.05) is 41.6 Å². The molecule has 0 amide bonds. The Labute approximate surface area is 149 Å². The van der Waals surface area contributed by atoms with Gasteiger partial charge in [0.1, 0.15) is 5.00 Å². The molecule has 1 aromatic heterocycles. The molecule has 0 spiro atoms. The van der Waals surface area contributed by atoms with Gasteiger partial charge in [-0.25, -0.2) is 4.99 Å². The standard InChI is InChI=1S/C20H28N3S/c1-23(2,3)15-11-9-14(10-12-15)22-17-7-5-13-21-20-19(17)16-6-4-8-18(16)24-20/h5,13-15,22H,4,6,8-12H2,1-3H3/q+1. The third-order valence-electron chi connectivity index (χ3n) is 5.79. The molecule has 4 heteroatoms. The van der Waals surface area contributed by atoms with Gasteiger partial charge < -0.3 is 9.80 Å². The van der Waals surface area contributed by atoms with Crippen molar-refractivity contribution in [3.63, 3.8) is 0 Å². The smallest absolute Gasteiger partial charge is 0.126 e. The number of aryl methyl sites for hydroxylation is 1. The van der Waals surface area contributed by atoms with Crippen molar-refractivity contribution >= 4 is 28.2 Å². The van der Waals surface area contributed by atoms with Gasteiger partial charge in [-0.05, 0) is 37.7 Å². The summed E-state index contributed by atoms with van der Waals surface area (Å²) in [5.41, 5.74) is 7.56. The quantitative estimate of drug-likeness (QED) is 0.650. The molecule has 1 fully saturated rings. The van der Waals surface area contributed by atoms with Crippen molar-refractivity contribution in [2.75, 3.05) is 21.1 Å². The Kier molecular flexibility index (Phi) is 4.16. The highest BCUT2D eigenvalue weighted by molar-refractivity contribution is 7.16. The SMILES string of the molecule is C[N+](C)(C)C1CCC(NC2=C=CC=Nc3sc4c(c32)CCC4)CC1. The average Bonchev–Trinajstić information content (AvgIpc) is 3.05. The minimum Gasteiger partial charge on any atom is -0.375 e. The second kappa shape index (κ2) is 6.18. The van der Waals surface area contributed by atoms with Gasteiger partial charge in [0.2, 0.25) is 0 Å². The highest BCUT2D eigenvalue weighted by Crippen LogP contribution is 2.44. The molecule has 128 valence electrons. The van der Waals surface area contributed by atoms with Crippen molar-refractivity contribution in [1.29, 1.82) is 0 Å². The summed E-state index contributed by atoms with van der Waals surface area (Å²) in [6.45, 7) is 0. The highest BCUT2D eigenvalue weighted by Gasteiger charge is 2.31. The van der Waals surface area contributed by atoms with E-state index in [2.05, 4.69) is 37.2 Å². The van der Waals surface area contributed by atoms with E-state index in [1.807, 2.05) is 23.6 Å². The van der Waals surface area contributed by atoms with Crippen molar-refractivity contribution in [1.82, 2.24) is 5.32 Å². The summed E-state index contributed by atoms with van der Waals surface area (Å²) in [6.07, 6.45) is 12.7. The molecule has 2 heterocycles. The number of thiophene rings is 1. The lowest BCUT2D eigenvalue weighted by Gasteiger charge is -2.39. The number of allylic oxidation sites excluding steroid dienone is 1. The van der Waals surface area contributed by atoms with E-state index in [1.165, 1.54) is 66.8 Å². The first kappa shape index (κ1) is 16.1. The van der Waals surface area contributed by atoms with Gasteiger partial charge in [0.25, 0.3) is 0 Å². The van der Waals surface area contributed by atoms with Crippen molar-refractivity contribution in [3.8, 4) is 0 Å². The summed E-state index contributed by atoms with van der Waals surface area (Å²) in [5, 5.41) is 5.02. The molecule has 3 nitrogen and oxygen atoms in total. The van der Waals surface area contributed by atoms with Gasteiger partial charge in [-0.3, -0.25) is 0 Å². The fourth-order valence-electron chi connectivity index (χ4n) is 4.35. The summed E-state index contributed by atoms with van der Waals surface area (Å²) in [5.74, 6) is 0. The van der Waals surface area contributed by atoms with Crippen LogP contribution in [0.1, 0.15) is 48.1 Å². The lowest BCUT2D eigenvalue weighted by Crippen LogP contribution is -2.48. The van der Waals surface area contributed by atoms with E-state index >= 15 is 0 Å². The number of aliphatic imine (C=N–C) groups is 1. The van der Waals surface area contributed by atoms with Crippen LogP contribution in [0.15, 0.2) is 16.8 Å². The second-order valence-corrected chi connectivity index (χ2v) is 9.35. The van der Waals surface area contributed by atoms with Gasteiger partial charge in [-0.1, -0.05) is 5.73 Å².